The predicted octanol–water partition coefficient (Wildman–Crippen LogP) is 4.33. The summed E-state index contributed by atoms with van der Waals surface area (Å²) in [5.41, 5.74) is 2.52. The molecule has 0 spiro atoms. The maximum absolute atomic E-state index is 10.7. The molecule has 0 aliphatic heterocycles. The van der Waals surface area contributed by atoms with E-state index in [0.717, 1.165) is 23.2 Å². The van der Waals surface area contributed by atoms with Crippen LogP contribution in [0.15, 0.2) is 42.5 Å². The molecule has 0 saturated heterocycles. The normalized spacial score (nSPS) is 10.6. The number of halogens is 1. The highest BCUT2D eigenvalue weighted by Crippen LogP contribution is 2.18. The van der Waals surface area contributed by atoms with Crippen LogP contribution < -0.4 is 4.74 Å². The number of hydrogen-bond acceptors (Lipinski definition) is 2. The molecule has 0 unspecified atom stereocenters. The van der Waals surface area contributed by atoms with Gasteiger partial charge >= 0.3 is 0 Å². The van der Waals surface area contributed by atoms with Crippen LogP contribution in [0.5, 0.6) is 5.75 Å². The lowest BCUT2D eigenvalue weighted by Gasteiger charge is -2.00. The summed E-state index contributed by atoms with van der Waals surface area (Å²) in [5, 5.41) is 0.465. The van der Waals surface area contributed by atoms with Gasteiger partial charge in [-0.1, -0.05) is 42.0 Å². The molecule has 0 amide bonds. The molecule has 0 radical (unpaired) electrons. The topological polar surface area (TPSA) is 26.3 Å². The van der Waals surface area contributed by atoms with Crippen LogP contribution in [-0.4, -0.2) is 13.4 Å². The standard InChI is InChI=1S/C16H13ClO2/c1-19-15-8-5-12(6-9-15)2-3-13-4-7-14(11-18)16(17)10-13/h2-11H,1H3. The van der Waals surface area contributed by atoms with Crippen LogP contribution in [0.3, 0.4) is 0 Å². The third-order valence-corrected chi connectivity index (χ3v) is 3.06. The molecule has 19 heavy (non-hydrogen) atoms. The molecule has 0 aliphatic rings. The number of aldehydes is 1. The molecule has 96 valence electrons. The number of rotatable bonds is 4. The van der Waals surface area contributed by atoms with E-state index in [0.29, 0.717) is 10.6 Å². The first-order valence-electron chi connectivity index (χ1n) is 5.80. The summed E-state index contributed by atoms with van der Waals surface area (Å²) >= 11 is 5.97. The lowest BCUT2D eigenvalue weighted by Crippen LogP contribution is -1.83. The molecule has 2 aromatic rings. The fourth-order valence-corrected chi connectivity index (χ4v) is 1.88. The molecule has 2 aromatic carbocycles. The maximum atomic E-state index is 10.7. The number of carbonyl (C=O) groups is 1. The van der Waals surface area contributed by atoms with Crippen molar-refractivity contribution in [3.8, 4) is 5.75 Å². The molecule has 0 aromatic heterocycles. The molecular weight excluding hydrogens is 260 g/mol. The number of ether oxygens (including phenoxy) is 1. The average Bonchev–Trinajstić information content (AvgIpc) is 2.46. The minimum atomic E-state index is 0.465. The van der Waals surface area contributed by atoms with E-state index in [4.69, 9.17) is 16.3 Å². The van der Waals surface area contributed by atoms with Crippen molar-refractivity contribution in [1.82, 2.24) is 0 Å². The molecule has 2 nitrogen and oxygen atoms in total. The Morgan fingerprint density at radius 3 is 2.21 bits per heavy atom. The van der Waals surface area contributed by atoms with Gasteiger partial charge in [0.1, 0.15) is 5.75 Å². The van der Waals surface area contributed by atoms with E-state index in [1.54, 1.807) is 19.2 Å². The fourth-order valence-electron chi connectivity index (χ4n) is 1.65. The van der Waals surface area contributed by atoms with E-state index >= 15 is 0 Å². The maximum Gasteiger partial charge on any atom is 0.151 e. The van der Waals surface area contributed by atoms with E-state index in [9.17, 15) is 4.79 Å². The second kappa shape index (κ2) is 6.21. The molecule has 0 saturated carbocycles. The minimum Gasteiger partial charge on any atom is -0.497 e. The van der Waals surface area contributed by atoms with E-state index in [-0.39, 0.29) is 0 Å². The van der Waals surface area contributed by atoms with Crippen LogP contribution in [0.1, 0.15) is 21.5 Å². The van der Waals surface area contributed by atoms with Gasteiger partial charge in [-0.25, -0.2) is 0 Å². The Balaban J connectivity index is 2.17. The van der Waals surface area contributed by atoms with Crippen molar-refractivity contribution < 1.29 is 9.53 Å². The van der Waals surface area contributed by atoms with Crippen molar-refractivity contribution in [3.63, 3.8) is 0 Å². The van der Waals surface area contributed by atoms with Crippen LogP contribution >= 0.6 is 11.6 Å². The molecular formula is C16H13ClO2. The van der Waals surface area contributed by atoms with Crippen molar-refractivity contribution in [2.24, 2.45) is 0 Å². The summed E-state index contributed by atoms with van der Waals surface area (Å²) in [5.74, 6) is 0.829. The number of hydrogen-bond donors (Lipinski definition) is 0. The van der Waals surface area contributed by atoms with Crippen LogP contribution in [-0.2, 0) is 0 Å². The third-order valence-electron chi connectivity index (χ3n) is 2.74. The number of benzene rings is 2. The number of methoxy groups -OCH3 is 1. The Labute approximate surface area is 117 Å². The van der Waals surface area contributed by atoms with Gasteiger partial charge in [0, 0.05) is 5.56 Å². The fraction of sp³-hybridized carbons (Fsp3) is 0.0625. The summed E-state index contributed by atoms with van der Waals surface area (Å²) in [6, 6.07) is 13.1. The molecule has 0 atom stereocenters. The van der Waals surface area contributed by atoms with Crippen molar-refractivity contribution >= 4 is 30.0 Å². The summed E-state index contributed by atoms with van der Waals surface area (Å²) in [6.45, 7) is 0. The average molecular weight is 273 g/mol. The zero-order chi connectivity index (χ0) is 13.7. The van der Waals surface area contributed by atoms with Gasteiger partial charge in [0.2, 0.25) is 0 Å². The Kier molecular flexibility index (Phi) is 4.37. The highest BCUT2D eigenvalue weighted by molar-refractivity contribution is 6.33. The minimum absolute atomic E-state index is 0.465. The first-order chi connectivity index (χ1) is 9.22. The van der Waals surface area contributed by atoms with Crippen LogP contribution in [0.2, 0.25) is 5.02 Å². The molecule has 0 heterocycles. The first kappa shape index (κ1) is 13.4. The van der Waals surface area contributed by atoms with Gasteiger partial charge in [-0.15, -0.1) is 0 Å². The van der Waals surface area contributed by atoms with Crippen LogP contribution in [0.4, 0.5) is 0 Å². The second-order valence-electron chi connectivity index (χ2n) is 4.01. The quantitative estimate of drug-likeness (QED) is 0.612. The largest absolute Gasteiger partial charge is 0.497 e. The van der Waals surface area contributed by atoms with Gasteiger partial charge in [-0.3, -0.25) is 4.79 Å². The van der Waals surface area contributed by atoms with E-state index in [1.807, 2.05) is 42.5 Å². The zero-order valence-electron chi connectivity index (χ0n) is 10.5. The summed E-state index contributed by atoms with van der Waals surface area (Å²) in [4.78, 5) is 10.7. The van der Waals surface area contributed by atoms with Gasteiger partial charge in [0.25, 0.3) is 0 Å². The Bertz CT molecular complexity index is 601. The summed E-state index contributed by atoms with van der Waals surface area (Å²) < 4.78 is 5.10. The highest BCUT2D eigenvalue weighted by atomic mass is 35.5. The van der Waals surface area contributed by atoms with E-state index in [1.165, 1.54) is 0 Å². The molecule has 2 rings (SSSR count). The summed E-state index contributed by atoms with van der Waals surface area (Å²) in [7, 11) is 1.64. The summed E-state index contributed by atoms with van der Waals surface area (Å²) in [6.07, 6.45) is 4.67. The second-order valence-corrected chi connectivity index (χ2v) is 4.41. The highest BCUT2D eigenvalue weighted by Gasteiger charge is 1.98. The van der Waals surface area contributed by atoms with E-state index in [2.05, 4.69) is 0 Å². The number of carbonyl (C=O) groups excluding carboxylic acids is 1. The third kappa shape index (κ3) is 3.46. The predicted molar refractivity (Wildman–Crippen MR) is 78.8 cm³/mol. The van der Waals surface area contributed by atoms with Crippen LogP contribution in [0.25, 0.3) is 12.2 Å². The molecule has 0 bridgehead atoms. The Morgan fingerprint density at radius 2 is 1.63 bits per heavy atom. The molecule has 0 N–H and O–H groups in total. The van der Waals surface area contributed by atoms with Crippen molar-refractivity contribution in [2.75, 3.05) is 7.11 Å². The first-order valence-corrected chi connectivity index (χ1v) is 6.17. The van der Waals surface area contributed by atoms with Crippen LogP contribution in [0, 0.1) is 0 Å². The van der Waals surface area contributed by atoms with Gasteiger partial charge in [0.15, 0.2) is 6.29 Å². The Morgan fingerprint density at radius 1 is 1.00 bits per heavy atom. The monoisotopic (exact) mass is 272 g/mol. The smallest absolute Gasteiger partial charge is 0.151 e. The van der Waals surface area contributed by atoms with Crippen molar-refractivity contribution in [3.05, 3.63) is 64.2 Å². The molecule has 0 fully saturated rings. The van der Waals surface area contributed by atoms with E-state index < -0.39 is 0 Å². The van der Waals surface area contributed by atoms with Crippen molar-refractivity contribution in [2.45, 2.75) is 0 Å². The lowest BCUT2D eigenvalue weighted by molar-refractivity contribution is 0.112. The SMILES string of the molecule is COc1ccc(C=Cc2ccc(C=O)c(Cl)c2)cc1. The molecule has 0 aliphatic carbocycles. The van der Waals surface area contributed by atoms with Gasteiger partial charge < -0.3 is 4.74 Å². The van der Waals surface area contributed by atoms with Gasteiger partial charge in [-0.2, -0.15) is 0 Å². The van der Waals surface area contributed by atoms with Gasteiger partial charge in [0.05, 0.1) is 12.1 Å². The lowest BCUT2D eigenvalue weighted by atomic mass is 10.1. The van der Waals surface area contributed by atoms with Crippen molar-refractivity contribution in [1.29, 1.82) is 0 Å². The Hall–Kier alpha value is -2.06. The van der Waals surface area contributed by atoms with Gasteiger partial charge in [-0.05, 0) is 35.4 Å². The molecule has 3 heteroatoms. The zero-order valence-corrected chi connectivity index (χ0v) is 11.2.